The average molecular weight is 233 g/mol. The van der Waals surface area contributed by atoms with Gasteiger partial charge in [-0.25, -0.2) is 9.48 Å². The normalized spacial score (nSPS) is 10.2. The number of carbonyl (C=O) groups is 1. The van der Waals surface area contributed by atoms with Crippen LogP contribution in [0.5, 0.6) is 5.75 Å². The minimum Gasteiger partial charge on any atom is -0.497 e. The topological polar surface area (TPSA) is 77.2 Å². The number of hydrogen-bond donors (Lipinski definition) is 1. The Bertz CT molecular complexity index is 546. The number of methoxy groups -OCH3 is 1. The largest absolute Gasteiger partial charge is 0.497 e. The maximum atomic E-state index is 11.1. The smallest absolute Gasteiger partial charge is 0.356 e. The van der Waals surface area contributed by atoms with Crippen LogP contribution in [0, 0.1) is 6.92 Å². The number of rotatable bonds is 3. The number of benzene rings is 1. The van der Waals surface area contributed by atoms with E-state index in [1.165, 1.54) is 4.68 Å². The van der Waals surface area contributed by atoms with Crippen molar-refractivity contribution in [2.45, 2.75) is 6.92 Å². The molecule has 0 spiro atoms. The third-order valence-corrected chi connectivity index (χ3v) is 2.36. The second-order valence-electron chi connectivity index (χ2n) is 3.44. The molecule has 0 aliphatic carbocycles. The molecule has 0 amide bonds. The van der Waals surface area contributed by atoms with Crippen molar-refractivity contribution in [1.29, 1.82) is 0 Å². The number of hydrogen-bond acceptors (Lipinski definition) is 4. The number of nitrogens with zero attached hydrogens (tertiary/aromatic N) is 3. The van der Waals surface area contributed by atoms with Gasteiger partial charge in [-0.15, -0.1) is 5.10 Å². The summed E-state index contributed by atoms with van der Waals surface area (Å²) in [5, 5.41) is 16.6. The van der Waals surface area contributed by atoms with E-state index in [4.69, 9.17) is 9.84 Å². The average Bonchev–Trinajstić information content (AvgIpc) is 2.71. The number of carboxylic acid groups (broad SMARTS) is 1. The fourth-order valence-corrected chi connectivity index (χ4v) is 1.51. The minimum absolute atomic E-state index is 0.0650. The highest BCUT2D eigenvalue weighted by atomic mass is 16.5. The third kappa shape index (κ3) is 1.96. The van der Waals surface area contributed by atoms with Crippen LogP contribution in [0.2, 0.25) is 0 Å². The number of aromatic nitrogens is 3. The van der Waals surface area contributed by atoms with Crippen molar-refractivity contribution in [3.8, 4) is 11.4 Å². The summed E-state index contributed by atoms with van der Waals surface area (Å²) in [4.78, 5) is 11.1. The monoisotopic (exact) mass is 233 g/mol. The summed E-state index contributed by atoms with van der Waals surface area (Å²) in [7, 11) is 1.57. The summed E-state index contributed by atoms with van der Waals surface area (Å²) < 4.78 is 6.32. The summed E-state index contributed by atoms with van der Waals surface area (Å²) in [5.41, 5.74) is 1.08. The number of aromatic carboxylic acids is 1. The predicted octanol–water partition coefficient (Wildman–Crippen LogP) is 1.28. The van der Waals surface area contributed by atoms with Crippen LogP contribution < -0.4 is 4.74 Å². The quantitative estimate of drug-likeness (QED) is 0.864. The van der Waals surface area contributed by atoms with Gasteiger partial charge in [0.2, 0.25) is 0 Å². The highest BCUT2D eigenvalue weighted by Gasteiger charge is 2.17. The van der Waals surface area contributed by atoms with Gasteiger partial charge in [-0.1, -0.05) is 5.21 Å². The minimum atomic E-state index is -1.05. The van der Waals surface area contributed by atoms with E-state index in [9.17, 15) is 4.79 Å². The molecule has 88 valence electrons. The molecule has 17 heavy (non-hydrogen) atoms. The van der Waals surface area contributed by atoms with E-state index in [2.05, 4.69) is 10.3 Å². The Balaban J connectivity index is 2.49. The summed E-state index contributed by atoms with van der Waals surface area (Å²) >= 11 is 0. The second-order valence-corrected chi connectivity index (χ2v) is 3.44. The summed E-state index contributed by atoms with van der Waals surface area (Å²) in [6.45, 7) is 1.61. The highest BCUT2D eigenvalue weighted by molar-refractivity contribution is 5.87. The van der Waals surface area contributed by atoms with Crippen LogP contribution >= 0.6 is 0 Å². The molecule has 0 unspecified atom stereocenters. The fourth-order valence-electron chi connectivity index (χ4n) is 1.51. The molecule has 0 radical (unpaired) electrons. The standard InChI is InChI=1S/C11H11N3O3/c1-7-10(11(15)16)14(13-12-7)8-3-5-9(17-2)6-4-8/h3-6H,1-2H3,(H,15,16). The van der Waals surface area contributed by atoms with Crippen molar-refractivity contribution in [3.05, 3.63) is 35.7 Å². The Morgan fingerprint density at radius 2 is 2.00 bits per heavy atom. The van der Waals surface area contributed by atoms with Crippen LogP contribution in [0.1, 0.15) is 16.2 Å². The van der Waals surface area contributed by atoms with E-state index < -0.39 is 5.97 Å². The molecule has 6 nitrogen and oxygen atoms in total. The predicted molar refractivity (Wildman–Crippen MR) is 59.6 cm³/mol. The first-order valence-electron chi connectivity index (χ1n) is 4.93. The number of ether oxygens (including phenoxy) is 1. The molecule has 0 saturated heterocycles. The van der Waals surface area contributed by atoms with Crippen LogP contribution in [-0.2, 0) is 0 Å². The highest BCUT2D eigenvalue weighted by Crippen LogP contribution is 2.16. The lowest BCUT2D eigenvalue weighted by molar-refractivity contribution is 0.0686. The zero-order valence-electron chi connectivity index (χ0n) is 9.41. The van der Waals surface area contributed by atoms with Crippen molar-refractivity contribution < 1.29 is 14.6 Å². The fraction of sp³-hybridized carbons (Fsp3) is 0.182. The molecule has 2 aromatic rings. The molecule has 1 N–H and O–H groups in total. The molecule has 0 atom stereocenters. The first-order chi connectivity index (χ1) is 8.13. The lowest BCUT2D eigenvalue weighted by Crippen LogP contribution is -2.09. The molecule has 1 heterocycles. The SMILES string of the molecule is COc1ccc(-n2nnc(C)c2C(=O)O)cc1. The molecule has 1 aromatic carbocycles. The van der Waals surface area contributed by atoms with Crippen LogP contribution in [0.15, 0.2) is 24.3 Å². The van der Waals surface area contributed by atoms with Crippen LogP contribution in [0.25, 0.3) is 5.69 Å². The summed E-state index contributed by atoms with van der Waals surface area (Å²) in [5.74, 6) is -0.356. The molecule has 2 rings (SSSR count). The van der Waals surface area contributed by atoms with Crippen molar-refractivity contribution in [2.75, 3.05) is 7.11 Å². The lowest BCUT2D eigenvalue weighted by Gasteiger charge is -2.04. The Morgan fingerprint density at radius 3 is 2.53 bits per heavy atom. The molecular weight excluding hydrogens is 222 g/mol. The zero-order chi connectivity index (χ0) is 12.4. The van der Waals surface area contributed by atoms with E-state index in [1.54, 1.807) is 38.3 Å². The van der Waals surface area contributed by atoms with Gasteiger partial charge in [-0.2, -0.15) is 0 Å². The van der Waals surface area contributed by atoms with E-state index in [1.807, 2.05) is 0 Å². The first-order valence-corrected chi connectivity index (χ1v) is 4.93. The van der Waals surface area contributed by atoms with Crippen LogP contribution in [-0.4, -0.2) is 33.2 Å². The van der Waals surface area contributed by atoms with E-state index in [0.717, 1.165) is 0 Å². The molecule has 1 aromatic heterocycles. The number of aryl methyl sites for hydroxylation is 1. The molecule has 0 aliphatic heterocycles. The van der Waals surface area contributed by atoms with Gasteiger partial charge >= 0.3 is 5.97 Å². The zero-order valence-corrected chi connectivity index (χ0v) is 9.41. The Hall–Kier alpha value is -2.37. The van der Waals surface area contributed by atoms with Gasteiger partial charge in [0.15, 0.2) is 5.69 Å². The molecular formula is C11H11N3O3. The van der Waals surface area contributed by atoms with Crippen molar-refractivity contribution in [3.63, 3.8) is 0 Å². The Kier molecular flexibility index (Phi) is 2.78. The molecule has 6 heteroatoms. The van der Waals surface area contributed by atoms with Crippen molar-refractivity contribution in [2.24, 2.45) is 0 Å². The van der Waals surface area contributed by atoms with Crippen molar-refractivity contribution >= 4 is 5.97 Å². The van der Waals surface area contributed by atoms with Crippen LogP contribution in [0.4, 0.5) is 0 Å². The van der Waals surface area contributed by atoms with E-state index >= 15 is 0 Å². The van der Waals surface area contributed by atoms with Gasteiger partial charge in [0.05, 0.1) is 18.5 Å². The molecule has 0 fully saturated rings. The Labute approximate surface area is 97.4 Å². The van der Waals surface area contributed by atoms with E-state index in [0.29, 0.717) is 17.1 Å². The van der Waals surface area contributed by atoms with Crippen molar-refractivity contribution in [1.82, 2.24) is 15.0 Å². The first kappa shape index (κ1) is 11.1. The van der Waals surface area contributed by atoms with Gasteiger partial charge in [0.25, 0.3) is 0 Å². The lowest BCUT2D eigenvalue weighted by atomic mass is 10.3. The van der Waals surface area contributed by atoms with E-state index in [-0.39, 0.29) is 5.69 Å². The maximum Gasteiger partial charge on any atom is 0.356 e. The summed E-state index contributed by atoms with van der Waals surface area (Å²) in [6.07, 6.45) is 0. The van der Waals surface area contributed by atoms with Gasteiger partial charge in [-0.3, -0.25) is 0 Å². The molecule has 0 aliphatic rings. The Morgan fingerprint density at radius 1 is 1.35 bits per heavy atom. The number of carboxylic acids is 1. The van der Waals surface area contributed by atoms with Gasteiger partial charge < -0.3 is 9.84 Å². The van der Waals surface area contributed by atoms with Gasteiger partial charge in [0, 0.05) is 0 Å². The molecule has 0 bridgehead atoms. The molecule has 0 saturated carbocycles. The van der Waals surface area contributed by atoms with Gasteiger partial charge in [0.1, 0.15) is 5.75 Å². The van der Waals surface area contributed by atoms with Gasteiger partial charge in [-0.05, 0) is 31.2 Å². The van der Waals surface area contributed by atoms with Crippen LogP contribution in [0.3, 0.4) is 0 Å². The maximum absolute atomic E-state index is 11.1. The third-order valence-electron chi connectivity index (χ3n) is 2.36. The summed E-state index contributed by atoms with van der Waals surface area (Å²) in [6, 6.07) is 6.91. The second kappa shape index (κ2) is 4.25.